The molecule has 0 unspecified atom stereocenters. The van der Waals surface area contributed by atoms with Crippen LogP contribution in [0, 0.1) is 0 Å². The van der Waals surface area contributed by atoms with E-state index in [4.69, 9.17) is 9.97 Å². The molecular formula is C30H18N4. The summed E-state index contributed by atoms with van der Waals surface area (Å²) in [5.41, 5.74) is 8.09. The average Bonchev–Trinajstić information content (AvgIpc) is 2.92. The molecule has 158 valence electrons. The van der Waals surface area contributed by atoms with Crippen molar-refractivity contribution in [3.05, 3.63) is 110 Å². The first-order valence-electron chi connectivity index (χ1n) is 11.2. The molecular weight excluding hydrogens is 416 g/mol. The lowest BCUT2D eigenvalue weighted by Crippen LogP contribution is -1.91. The maximum Gasteiger partial charge on any atom is 0.0964 e. The van der Waals surface area contributed by atoms with E-state index in [2.05, 4.69) is 82.8 Å². The lowest BCUT2D eigenvalue weighted by atomic mass is 9.94. The van der Waals surface area contributed by atoms with Gasteiger partial charge in [0.15, 0.2) is 0 Å². The molecule has 0 radical (unpaired) electrons. The summed E-state index contributed by atoms with van der Waals surface area (Å²) in [7, 11) is 0. The second kappa shape index (κ2) is 7.42. The van der Waals surface area contributed by atoms with Gasteiger partial charge >= 0.3 is 0 Å². The van der Waals surface area contributed by atoms with Crippen LogP contribution in [0.25, 0.3) is 65.9 Å². The molecule has 0 aliphatic carbocycles. The highest BCUT2D eigenvalue weighted by Crippen LogP contribution is 2.35. The number of pyridine rings is 4. The summed E-state index contributed by atoms with van der Waals surface area (Å²) in [6, 6.07) is 29.3. The van der Waals surface area contributed by atoms with Crippen molar-refractivity contribution in [3.63, 3.8) is 0 Å². The van der Waals surface area contributed by atoms with Crippen LogP contribution in [0.2, 0.25) is 0 Å². The molecule has 7 rings (SSSR count). The normalized spacial score (nSPS) is 11.5. The monoisotopic (exact) mass is 434 g/mol. The third-order valence-electron chi connectivity index (χ3n) is 6.39. The number of fused-ring (bicyclic) bond motifs is 6. The van der Waals surface area contributed by atoms with Crippen molar-refractivity contribution in [3.8, 4) is 22.3 Å². The minimum Gasteiger partial charge on any atom is -0.254 e. The molecule has 4 aromatic heterocycles. The molecule has 0 atom stereocenters. The lowest BCUT2D eigenvalue weighted by Gasteiger charge is -2.12. The molecule has 4 heteroatoms. The highest BCUT2D eigenvalue weighted by molar-refractivity contribution is 6.05. The molecule has 0 N–H and O–H groups in total. The molecule has 0 bridgehead atoms. The van der Waals surface area contributed by atoms with Gasteiger partial charge in [0.25, 0.3) is 0 Å². The van der Waals surface area contributed by atoms with Gasteiger partial charge in [-0.05, 0) is 35.4 Å². The fourth-order valence-electron chi connectivity index (χ4n) is 4.75. The van der Waals surface area contributed by atoms with Crippen LogP contribution in [0.3, 0.4) is 0 Å². The van der Waals surface area contributed by atoms with Crippen molar-refractivity contribution in [1.82, 2.24) is 19.9 Å². The minimum absolute atomic E-state index is 0.922. The van der Waals surface area contributed by atoms with E-state index in [1.807, 2.05) is 36.9 Å². The second-order valence-corrected chi connectivity index (χ2v) is 8.42. The molecule has 0 fully saturated rings. The number of nitrogens with zero attached hydrogens (tertiary/aromatic N) is 4. The van der Waals surface area contributed by atoms with Gasteiger partial charge in [-0.2, -0.15) is 0 Å². The highest BCUT2D eigenvalue weighted by Gasteiger charge is 2.12. The zero-order valence-corrected chi connectivity index (χ0v) is 18.2. The largest absolute Gasteiger partial charge is 0.254 e. The first kappa shape index (κ1) is 18.8. The van der Waals surface area contributed by atoms with Crippen molar-refractivity contribution < 1.29 is 0 Å². The van der Waals surface area contributed by atoms with Gasteiger partial charge in [-0.25, -0.2) is 0 Å². The van der Waals surface area contributed by atoms with E-state index in [9.17, 15) is 0 Å². The summed E-state index contributed by atoms with van der Waals surface area (Å²) in [6.07, 6.45) is 7.53. The Kier molecular flexibility index (Phi) is 4.11. The molecule has 34 heavy (non-hydrogen) atoms. The van der Waals surface area contributed by atoms with Crippen LogP contribution in [-0.4, -0.2) is 19.9 Å². The Morgan fingerprint density at radius 1 is 0.382 bits per heavy atom. The Bertz CT molecular complexity index is 1740. The molecule has 0 saturated heterocycles. The van der Waals surface area contributed by atoms with Gasteiger partial charge in [-0.1, -0.05) is 60.7 Å². The lowest BCUT2D eigenvalue weighted by molar-refractivity contribution is 1.37. The zero-order valence-electron chi connectivity index (χ0n) is 18.2. The number of hydrogen-bond donors (Lipinski definition) is 0. The summed E-state index contributed by atoms with van der Waals surface area (Å²) in [6.45, 7) is 0. The zero-order chi connectivity index (χ0) is 22.5. The van der Waals surface area contributed by atoms with E-state index in [1.54, 1.807) is 0 Å². The molecule has 0 amide bonds. The van der Waals surface area contributed by atoms with Crippen LogP contribution < -0.4 is 0 Å². The van der Waals surface area contributed by atoms with Crippen LogP contribution >= 0.6 is 0 Å². The fourth-order valence-corrected chi connectivity index (χ4v) is 4.75. The first-order chi connectivity index (χ1) is 16.8. The Morgan fingerprint density at radius 2 is 0.824 bits per heavy atom. The highest BCUT2D eigenvalue weighted by atomic mass is 14.7. The summed E-state index contributed by atoms with van der Waals surface area (Å²) < 4.78 is 0. The average molecular weight is 435 g/mol. The predicted molar refractivity (Wildman–Crippen MR) is 139 cm³/mol. The molecule has 3 aromatic carbocycles. The van der Waals surface area contributed by atoms with Crippen molar-refractivity contribution in [1.29, 1.82) is 0 Å². The van der Waals surface area contributed by atoms with Crippen LogP contribution in [0.5, 0.6) is 0 Å². The smallest absolute Gasteiger partial charge is 0.0964 e. The molecule has 4 heterocycles. The molecule has 0 saturated carbocycles. The number of aromatic nitrogens is 4. The summed E-state index contributed by atoms with van der Waals surface area (Å²) in [4.78, 5) is 18.7. The number of benzene rings is 3. The maximum absolute atomic E-state index is 4.82. The van der Waals surface area contributed by atoms with Gasteiger partial charge in [0.2, 0.25) is 0 Å². The van der Waals surface area contributed by atoms with Gasteiger partial charge < -0.3 is 0 Å². The van der Waals surface area contributed by atoms with E-state index in [0.29, 0.717) is 0 Å². The number of hydrogen-bond acceptors (Lipinski definition) is 4. The quantitative estimate of drug-likeness (QED) is 0.270. The summed E-state index contributed by atoms with van der Waals surface area (Å²) in [5.74, 6) is 0. The third kappa shape index (κ3) is 2.93. The van der Waals surface area contributed by atoms with Crippen LogP contribution in [0.15, 0.2) is 110 Å². The molecule has 7 aromatic rings. The number of rotatable bonds is 2. The van der Waals surface area contributed by atoms with E-state index in [-0.39, 0.29) is 0 Å². The SMILES string of the molecule is c1ccc(-c2cnc3c(ccc4cccnc43)c2)c(-c2cnc3c(ccc4cccnc43)c2)c1. The van der Waals surface area contributed by atoms with Crippen molar-refractivity contribution in [2.45, 2.75) is 0 Å². The Labute approximate surface area is 195 Å². The minimum atomic E-state index is 0.922. The maximum atomic E-state index is 4.82. The van der Waals surface area contributed by atoms with E-state index >= 15 is 0 Å². The topological polar surface area (TPSA) is 51.6 Å². The van der Waals surface area contributed by atoms with Gasteiger partial charge in [0.05, 0.1) is 22.1 Å². The van der Waals surface area contributed by atoms with Crippen LogP contribution in [-0.2, 0) is 0 Å². The van der Waals surface area contributed by atoms with E-state index < -0.39 is 0 Å². The third-order valence-corrected chi connectivity index (χ3v) is 6.39. The molecule has 0 aliphatic rings. The van der Waals surface area contributed by atoms with Gasteiger partial charge in [-0.15, -0.1) is 0 Å². The molecule has 0 aliphatic heterocycles. The van der Waals surface area contributed by atoms with Crippen LogP contribution in [0.4, 0.5) is 0 Å². The van der Waals surface area contributed by atoms with Crippen molar-refractivity contribution in [2.75, 3.05) is 0 Å². The Hall–Kier alpha value is -4.70. The van der Waals surface area contributed by atoms with Gasteiger partial charge in [0.1, 0.15) is 0 Å². The van der Waals surface area contributed by atoms with E-state index in [1.165, 1.54) is 0 Å². The first-order valence-corrected chi connectivity index (χ1v) is 11.2. The standard InChI is InChI=1S/C30H18N4/c1-2-8-26(24-16-22-12-10-20-6-4-14-32-28(20)30(22)34-18-24)25(7-1)23-15-21-11-9-19-5-3-13-31-27(19)29(21)33-17-23/h1-18H. The molecule has 0 spiro atoms. The van der Waals surface area contributed by atoms with Crippen molar-refractivity contribution in [2.24, 2.45) is 0 Å². The van der Waals surface area contributed by atoms with Crippen LogP contribution in [0.1, 0.15) is 0 Å². The fraction of sp³-hybridized carbons (Fsp3) is 0. The summed E-state index contributed by atoms with van der Waals surface area (Å²) >= 11 is 0. The predicted octanol–water partition coefficient (Wildman–Crippen LogP) is 7.21. The van der Waals surface area contributed by atoms with Crippen molar-refractivity contribution >= 4 is 43.6 Å². The van der Waals surface area contributed by atoms with Gasteiger partial charge in [-0.3, -0.25) is 19.9 Å². The molecule has 4 nitrogen and oxygen atoms in total. The Morgan fingerprint density at radius 3 is 1.32 bits per heavy atom. The van der Waals surface area contributed by atoms with E-state index in [0.717, 1.165) is 65.9 Å². The second-order valence-electron chi connectivity index (χ2n) is 8.42. The summed E-state index contributed by atoms with van der Waals surface area (Å²) in [5, 5.41) is 4.35. The van der Waals surface area contributed by atoms with Gasteiger partial charge in [0, 0.05) is 57.5 Å². The Balaban J connectivity index is 1.40.